The summed E-state index contributed by atoms with van der Waals surface area (Å²) < 4.78 is 87.0. The molecular formula is C30H28ClF6NO3. The first-order chi connectivity index (χ1) is 18.9. The zero-order valence-corrected chi connectivity index (χ0v) is 22.4. The molecule has 220 valence electrons. The number of hydrogen-bond donors (Lipinski definition) is 1. The monoisotopic (exact) mass is 599 g/mol. The molecule has 0 aromatic heterocycles. The van der Waals surface area contributed by atoms with Gasteiger partial charge in [0.1, 0.15) is 0 Å². The standard InChI is InChI=1S/C30H27F6NO3.ClH/c31-29(32,33)21-13-18(14-22(15-21)30(34,35)36)17-40-27-23-11-12-37(16-24(23)28(38)39)26(27)25(19-7-3-1-4-8-19)20-9-5-2-6-10-20;/h1-10,13-15,23-27H,11-12,16-17H2,(H,38,39);1H/t23-,24-,26-,27+;/m1./s1. The second-order valence-electron chi connectivity index (χ2n) is 10.4. The van der Waals surface area contributed by atoms with Crippen molar-refractivity contribution in [3.8, 4) is 0 Å². The number of ether oxygens (including phenoxy) is 1. The van der Waals surface area contributed by atoms with Crippen molar-refractivity contribution in [2.24, 2.45) is 11.8 Å². The number of aliphatic carboxylic acids is 1. The first kappa shape index (κ1) is 30.9. The average Bonchev–Trinajstić information content (AvgIpc) is 2.93. The molecule has 3 aromatic rings. The van der Waals surface area contributed by atoms with Crippen LogP contribution in [0.15, 0.2) is 78.9 Å². The van der Waals surface area contributed by atoms with Crippen molar-refractivity contribution in [3.63, 3.8) is 0 Å². The van der Waals surface area contributed by atoms with Gasteiger partial charge in [0.25, 0.3) is 0 Å². The Labute approximate surface area is 239 Å². The molecule has 1 unspecified atom stereocenters. The van der Waals surface area contributed by atoms with E-state index in [-0.39, 0.29) is 42.5 Å². The summed E-state index contributed by atoms with van der Waals surface area (Å²) in [4.78, 5) is 14.2. The largest absolute Gasteiger partial charge is 0.481 e. The summed E-state index contributed by atoms with van der Waals surface area (Å²) in [5, 5.41) is 9.94. The molecule has 11 heteroatoms. The molecule has 3 heterocycles. The van der Waals surface area contributed by atoms with Crippen LogP contribution in [0.4, 0.5) is 26.3 Å². The van der Waals surface area contributed by atoms with Gasteiger partial charge in [0, 0.05) is 24.4 Å². The van der Waals surface area contributed by atoms with E-state index in [1.54, 1.807) is 0 Å². The Morgan fingerprint density at radius 3 is 1.85 bits per heavy atom. The number of carboxylic acid groups (broad SMARTS) is 1. The lowest BCUT2D eigenvalue weighted by Crippen LogP contribution is -2.65. The van der Waals surface area contributed by atoms with Gasteiger partial charge in [0.05, 0.1) is 29.8 Å². The average molecular weight is 600 g/mol. The van der Waals surface area contributed by atoms with Crippen LogP contribution in [0.5, 0.6) is 0 Å². The summed E-state index contributed by atoms with van der Waals surface area (Å²) in [6.45, 7) is 0.362. The predicted molar refractivity (Wildman–Crippen MR) is 142 cm³/mol. The van der Waals surface area contributed by atoms with Crippen LogP contribution in [0, 0.1) is 11.8 Å². The van der Waals surface area contributed by atoms with Gasteiger partial charge < -0.3 is 9.84 Å². The molecular weight excluding hydrogens is 572 g/mol. The molecule has 3 fully saturated rings. The van der Waals surface area contributed by atoms with Crippen LogP contribution < -0.4 is 0 Å². The van der Waals surface area contributed by atoms with Gasteiger partial charge >= 0.3 is 18.3 Å². The number of fused-ring (bicyclic) bond motifs is 3. The van der Waals surface area contributed by atoms with Crippen molar-refractivity contribution in [1.29, 1.82) is 0 Å². The highest BCUT2D eigenvalue weighted by atomic mass is 35.5. The van der Waals surface area contributed by atoms with E-state index in [0.29, 0.717) is 25.1 Å². The molecule has 1 N–H and O–H groups in total. The number of carbonyl (C=O) groups is 1. The van der Waals surface area contributed by atoms with E-state index in [4.69, 9.17) is 4.74 Å². The molecule has 2 bridgehead atoms. The number of hydrogen-bond acceptors (Lipinski definition) is 3. The molecule has 4 nitrogen and oxygen atoms in total. The van der Waals surface area contributed by atoms with Gasteiger partial charge in [-0.15, -0.1) is 12.4 Å². The fourth-order valence-electron chi connectivity index (χ4n) is 6.21. The van der Waals surface area contributed by atoms with Gasteiger partial charge in [-0.2, -0.15) is 26.3 Å². The number of carboxylic acids is 1. The Balaban J connectivity index is 0.00000387. The third-order valence-corrected chi connectivity index (χ3v) is 7.94. The lowest BCUT2D eigenvalue weighted by molar-refractivity contribution is -0.172. The van der Waals surface area contributed by atoms with E-state index >= 15 is 0 Å². The molecule has 3 aromatic carbocycles. The Morgan fingerprint density at radius 1 is 0.878 bits per heavy atom. The molecule has 41 heavy (non-hydrogen) atoms. The van der Waals surface area contributed by atoms with Gasteiger partial charge in [-0.05, 0) is 47.9 Å². The van der Waals surface area contributed by atoms with Crippen LogP contribution in [-0.2, 0) is 28.5 Å². The maximum atomic E-state index is 13.5. The number of nitrogens with zero attached hydrogens (tertiary/aromatic N) is 1. The molecule has 0 saturated carbocycles. The Bertz CT molecular complexity index is 1260. The maximum Gasteiger partial charge on any atom is 0.416 e. The molecule has 3 aliphatic rings. The van der Waals surface area contributed by atoms with Crippen LogP contribution in [0.25, 0.3) is 0 Å². The van der Waals surface area contributed by atoms with Crippen LogP contribution in [0.3, 0.4) is 0 Å². The molecule has 0 amide bonds. The first-order valence-electron chi connectivity index (χ1n) is 12.9. The number of benzene rings is 3. The third-order valence-electron chi connectivity index (χ3n) is 7.94. The normalized spacial score (nSPS) is 24.2. The van der Waals surface area contributed by atoms with Gasteiger partial charge in [0.15, 0.2) is 0 Å². The highest BCUT2D eigenvalue weighted by molar-refractivity contribution is 5.85. The minimum Gasteiger partial charge on any atom is -0.481 e. The van der Waals surface area contributed by atoms with Gasteiger partial charge in [-0.25, -0.2) is 0 Å². The fraction of sp³-hybridized carbons (Fsp3) is 0.367. The predicted octanol–water partition coefficient (Wildman–Crippen LogP) is 7.27. The smallest absolute Gasteiger partial charge is 0.416 e. The SMILES string of the molecule is Cl.O=C(O)[C@@H]1CN2CC[C@H]1[C@H](OCc1cc(C(F)(F)F)cc(C(F)(F)F)c1)[C@H]2C(c1ccccc1)c1ccccc1. The van der Waals surface area contributed by atoms with Crippen LogP contribution >= 0.6 is 12.4 Å². The highest BCUT2D eigenvalue weighted by Gasteiger charge is 2.53. The van der Waals surface area contributed by atoms with Crippen molar-refractivity contribution in [2.45, 2.75) is 43.4 Å². The van der Waals surface area contributed by atoms with E-state index in [1.807, 2.05) is 65.6 Å². The second kappa shape index (κ2) is 12.0. The molecule has 3 saturated heterocycles. The lowest BCUT2D eigenvalue weighted by atomic mass is 9.68. The Kier molecular flexibility index (Phi) is 9.06. The topological polar surface area (TPSA) is 49.8 Å². The van der Waals surface area contributed by atoms with E-state index in [9.17, 15) is 36.2 Å². The summed E-state index contributed by atoms with van der Waals surface area (Å²) in [5.41, 5.74) is -1.21. The number of piperidine rings is 3. The van der Waals surface area contributed by atoms with Crippen molar-refractivity contribution in [3.05, 3.63) is 107 Å². The highest BCUT2D eigenvalue weighted by Crippen LogP contribution is 2.46. The molecule has 5 atom stereocenters. The minimum absolute atomic E-state index is 0. The number of alkyl halides is 6. The second-order valence-corrected chi connectivity index (χ2v) is 10.4. The summed E-state index contributed by atoms with van der Waals surface area (Å²) in [7, 11) is 0. The minimum atomic E-state index is -4.98. The summed E-state index contributed by atoms with van der Waals surface area (Å²) in [6.07, 6.45) is -10.2. The number of halogens is 7. The van der Waals surface area contributed by atoms with E-state index in [0.717, 1.165) is 11.1 Å². The van der Waals surface area contributed by atoms with Crippen LogP contribution in [0.2, 0.25) is 0 Å². The molecule has 0 aliphatic carbocycles. The van der Waals surface area contributed by atoms with Crippen molar-refractivity contribution >= 4 is 18.4 Å². The summed E-state index contributed by atoms with van der Waals surface area (Å²) >= 11 is 0. The summed E-state index contributed by atoms with van der Waals surface area (Å²) in [6, 6.07) is 20.1. The van der Waals surface area contributed by atoms with Crippen molar-refractivity contribution in [2.75, 3.05) is 13.1 Å². The summed E-state index contributed by atoms with van der Waals surface area (Å²) in [5.74, 6) is -2.50. The molecule has 3 aliphatic heterocycles. The molecule has 0 radical (unpaired) electrons. The van der Waals surface area contributed by atoms with E-state index < -0.39 is 54.0 Å². The zero-order valence-electron chi connectivity index (χ0n) is 21.6. The molecule has 0 spiro atoms. The van der Waals surface area contributed by atoms with Gasteiger partial charge in [-0.1, -0.05) is 60.7 Å². The lowest BCUT2D eigenvalue weighted by Gasteiger charge is -2.55. The zero-order chi connectivity index (χ0) is 28.7. The third kappa shape index (κ3) is 6.55. The molecule has 6 rings (SSSR count). The Morgan fingerprint density at radius 2 is 1.39 bits per heavy atom. The van der Waals surface area contributed by atoms with Crippen molar-refractivity contribution in [1.82, 2.24) is 4.90 Å². The van der Waals surface area contributed by atoms with E-state index in [2.05, 4.69) is 0 Å². The van der Waals surface area contributed by atoms with Gasteiger partial charge in [0.2, 0.25) is 0 Å². The number of rotatable bonds is 7. The van der Waals surface area contributed by atoms with Crippen LogP contribution in [-0.4, -0.2) is 41.2 Å². The van der Waals surface area contributed by atoms with Gasteiger partial charge in [-0.3, -0.25) is 9.69 Å². The quantitative estimate of drug-likeness (QED) is 0.290. The maximum absolute atomic E-state index is 13.5. The Hall–Kier alpha value is -3.08. The fourth-order valence-corrected chi connectivity index (χ4v) is 6.21. The van der Waals surface area contributed by atoms with E-state index in [1.165, 1.54) is 0 Å². The van der Waals surface area contributed by atoms with Crippen molar-refractivity contribution < 1.29 is 41.0 Å². The van der Waals surface area contributed by atoms with Crippen LogP contribution in [0.1, 0.15) is 40.2 Å². The first-order valence-corrected chi connectivity index (χ1v) is 12.9.